The minimum Gasteiger partial charge on any atom is -0.443 e. The molecule has 0 aromatic heterocycles. The Morgan fingerprint density at radius 2 is 2.12 bits per heavy atom. The van der Waals surface area contributed by atoms with Crippen LogP contribution in [0.3, 0.4) is 0 Å². The molecule has 5 heteroatoms. The fraction of sp³-hybridized carbons (Fsp3) is 0.909. The molecule has 0 spiro atoms. The number of hydrogen-bond acceptors (Lipinski definition) is 4. The Morgan fingerprint density at radius 1 is 1.50 bits per heavy atom. The molecule has 1 aliphatic rings. The van der Waals surface area contributed by atoms with Gasteiger partial charge in [-0.15, -0.1) is 0 Å². The molecule has 1 fully saturated rings. The van der Waals surface area contributed by atoms with Crippen LogP contribution < -0.4 is 0 Å². The van der Waals surface area contributed by atoms with Crippen molar-refractivity contribution in [2.75, 3.05) is 26.7 Å². The molecule has 1 atom stereocenters. The smallest absolute Gasteiger partial charge is 0.424 e. The number of aliphatic hydroxyl groups excluding tert-OH is 1. The van der Waals surface area contributed by atoms with Crippen molar-refractivity contribution in [2.24, 2.45) is 5.92 Å². The third-order valence-corrected chi connectivity index (χ3v) is 2.57. The maximum absolute atomic E-state index is 11.9. The molecule has 1 heterocycles. The van der Waals surface area contributed by atoms with Gasteiger partial charge in [0.2, 0.25) is 0 Å². The number of carbonyl (C=O) groups excluding carboxylic acids is 1. The van der Waals surface area contributed by atoms with Gasteiger partial charge in [-0.25, -0.2) is 14.8 Å². The standard InChI is InChI=1S/C11H22N2O3/c1-11(2,3)16-10(15)13-7-9(8-14)5-6-12(13)4/h9,14H,5-8H2,1-4H3. The van der Waals surface area contributed by atoms with Gasteiger partial charge in [-0.3, -0.25) is 0 Å². The number of carbonyl (C=O) groups is 1. The number of ether oxygens (including phenoxy) is 1. The Balaban J connectivity index is 2.59. The van der Waals surface area contributed by atoms with Crippen LogP contribution in [0.4, 0.5) is 4.79 Å². The molecule has 0 aromatic carbocycles. The van der Waals surface area contributed by atoms with Crippen LogP contribution in [0.1, 0.15) is 27.2 Å². The molecule has 0 saturated carbocycles. The largest absolute Gasteiger partial charge is 0.443 e. The maximum atomic E-state index is 11.9. The molecule has 0 aliphatic carbocycles. The summed E-state index contributed by atoms with van der Waals surface area (Å²) >= 11 is 0. The van der Waals surface area contributed by atoms with Crippen molar-refractivity contribution in [3.63, 3.8) is 0 Å². The summed E-state index contributed by atoms with van der Waals surface area (Å²) in [6, 6.07) is 0. The monoisotopic (exact) mass is 230 g/mol. The topological polar surface area (TPSA) is 53.0 Å². The molecular formula is C11H22N2O3. The molecule has 5 nitrogen and oxygen atoms in total. The summed E-state index contributed by atoms with van der Waals surface area (Å²) in [6.07, 6.45) is 0.569. The number of aliphatic hydroxyl groups is 1. The van der Waals surface area contributed by atoms with E-state index in [1.165, 1.54) is 0 Å². The highest BCUT2D eigenvalue weighted by molar-refractivity contribution is 5.67. The van der Waals surface area contributed by atoms with E-state index in [2.05, 4.69) is 0 Å². The van der Waals surface area contributed by atoms with Gasteiger partial charge in [-0.05, 0) is 27.2 Å². The van der Waals surface area contributed by atoms with Gasteiger partial charge in [-0.1, -0.05) is 0 Å². The van der Waals surface area contributed by atoms with Gasteiger partial charge in [0.15, 0.2) is 0 Å². The van der Waals surface area contributed by atoms with Gasteiger partial charge in [0.1, 0.15) is 5.60 Å². The van der Waals surface area contributed by atoms with Crippen molar-refractivity contribution in [1.29, 1.82) is 0 Å². The first-order chi connectivity index (χ1) is 7.33. The lowest BCUT2D eigenvalue weighted by atomic mass is 10.0. The zero-order chi connectivity index (χ0) is 12.3. The Hall–Kier alpha value is -0.810. The van der Waals surface area contributed by atoms with Gasteiger partial charge < -0.3 is 9.84 Å². The molecule has 94 valence electrons. The number of rotatable bonds is 1. The van der Waals surface area contributed by atoms with Crippen LogP contribution in [0.5, 0.6) is 0 Å². The molecule has 1 amide bonds. The average molecular weight is 230 g/mol. The third kappa shape index (κ3) is 3.64. The highest BCUT2D eigenvalue weighted by Gasteiger charge is 2.30. The lowest BCUT2D eigenvalue weighted by Crippen LogP contribution is -2.53. The normalized spacial score (nSPS) is 23.3. The zero-order valence-electron chi connectivity index (χ0n) is 10.6. The van der Waals surface area contributed by atoms with Gasteiger partial charge in [0.05, 0.1) is 0 Å². The fourth-order valence-corrected chi connectivity index (χ4v) is 1.64. The summed E-state index contributed by atoms with van der Waals surface area (Å²) in [5.41, 5.74) is -0.482. The van der Waals surface area contributed by atoms with Gasteiger partial charge in [-0.2, -0.15) is 0 Å². The van der Waals surface area contributed by atoms with E-state index in [4.69, 9.17) is 9.84 Å². The second-order valence-electron chi connectivity index (χ2n) is 5.28. The van der Waals surface area contributed by atoms with Crippen LogP contribution in [0, 0.1) is 5.92 Å². The first-order valence-electron chi connectivity index (χ1n) is 5.66. The predicted molar refractivity (Wildman–Crippen MR) is 60.8 cm³/mol. The van der Waals surface area contributed by atoms with Crippen molar-refractivity contribution in [3.05, 3.63) is 0 Å². The highest BCUT2D eigenvalue weighted by Crippen LogP contribution is 2.18. The summed E-state index contributed by atoms with van der Waals surface area (Å²) < 4.78 is 5.30. The van der Waals surface area contributed by atoms with E-state index in [0.29, 0.717) is 6.54 Å². The maximum Gasteiger partial charge on any atom is 0.424 e. The minimum absolute atomic E-state index is 0.118. The molecule has 1 N–H and O–H groups in total. The van der Waals surface area contributed by atoms with E-state index in [-0.39, 0.29) is 18.6 Å². The molecule has 1 unspecified atom stereocenters. The first kappa shape index (κ1) is 13.3. The van der Waals surface area contributed by atoms with Crippen molar-refractivity contribution >= 4 is 6.09 Å². The molecule has 1 aliphatic heterocycles. The fourth-order valence-electron chi connectivity index (χ4n) is 1.64. The predicted octanol–water partition coefficient (Wildman–Crippen LogP) is 1.08. The van der Waals surface area contributed by atoms with Crippen molar-refractivity contribution in [2.45, 2.75) is 32.8 Å². The second kappa shape index (κ2) is 5.01. The summed E-state index contributed by atoms with van der Waals surface area (Å²) in [4.78, 5) is 11.9. The Bertz CT molecular complexity index is 250. The van der Waals surface area contributed by atoms with Gasteiger partial charge >= 0.3 is 6.09 Å². The number of hydrazine groups is 1. The van der Waals surface area contributed by atoms with Crippen LogP contribution in [0.25, 0.3) is 0 Å². The molecule has 0 radical (unpaired) electrons. The van der Waals surface area contributed by atoms with Crippen LogP contribution in [-0.2, 0) is 4.74 Å². The van der Waals surface area contributed by atoms with Crippen LogP contribution in [0.15, 0.2) is 0 Å². The molecule has 1 saturated heterocycles. The Labute approximate surface area is 96.9 Å². The van der Waals surface area contributed by atoms with Crippen molar-refractivity contribution in [1.82, 2.24) is 10.0 Å². The zero-order valence-corrected chi connectivity index (χ0v) is 10.6. The molecular weight excluding hydrogens is 208 g/mol. The lowest BCUT2D eigenvalue weighted by molar-refractivity contribution is -0.0703. The molecule has 0 aromatic rings. The minimum atomic E-state index is -0.482. The second-order valence-corrected chi connectivity index (χ2v) is 5.28. The van der Waals surface area contributed by atoms with E-state index in [0.717, 1.165) is 13.0 Å². The summed E-state index contributed by atoms with van der Waals surface area (Å²) in [7, 11) is 1.86. The van der Waals surface area contributed by atoms with Gasteiger partial charge in [0, 0.05) is 32.7 Å². The van der Waals surface area contributed by atoms with E-state index in [1.54, 1.807) is 5.01 Å². The van der Waals surface area contributed by atoms with Crippen molar-refractivity contribution < 1.29 is 14.6 Å². The molecule has 16 heavy (non-hydrogen) atoms. The number of hydrogen-bond donors (Lipinski definition) is 1. The van der Waals surface area contributed by atoms with Crippen LogP contribution in [-0.4, -0.2) is 53.6 Å². The molecule has 0 bridgehead atoms. The van der Waals surface area contributed by atoms with Gasteiger partial charge in [0.25, 0.3) is 0 Å². The molecule has 1 rings (SSSR count). The quantitative estimate of drug-likeness (QED) is 0.732. The van der Waals surface area contributed by atoms with Crippen LogP contribution in [0.2, 0.25) is 0 Å². The van der Waals surface area contributed by atoms with E-state index in [1.807, 2.05) is 32.8 Å². The average Bonchev–Trinajstić information content (AvgIpc) is 2.15. The Kier molecular flexibility index (Phi) is 4.15. The van der Waals surface area contributed by atoms with E-state index in [9.17, 15) is 4.79 Å². The van der Waals surface area contributed by atoms with Crippen molar-refractivity contribution in [3.8, 4) is 0 Å². The van der Waals surface area contributed by atoms with E-state index < -0.39 is 5.60 Å². The third-order valence-electron chi connectivity index (χ3n) is 2.57. The van der Waals surface area contributed by atoms with E-state index >= 15 is 0 Å². The Morgan fingerprint density at radius 3 is 2.62 bits per heavy atom. The lowest BCUT2D eigenvalue weighted by Gasteiger charge is -2.39. The number of amides is 1. The summed E-state index contributed by atoms with van der Waals surface area (Å²) in [5.74, 6) is 0.156. The van der Waals surface area contributed by atoms with Crippen LogP contribution >= 0.6 is 0 Å². The number of nitrogens with zero attached hydrogens (tertiary/aromatic N) is 2. The first-order valence-corrected chi connectivity index (χ1v) is 5.66. The summed E-state index contributed by atoms with van der Waals surface area (Å²) in [5, 5.41) is 12.5. The summed E-state index contributed by atoms with van der Waals surface area (Å²) in [6.45, 7) is 6.95. The highest BCUT2D eigenvalue weighted by atomic mass is 16.6. The SMILES string of the molecule is CN1CCC(CO)CN1C(=O)OC(C)(C)C.